The van der Waals surface area contributed by atoms with E-state index < -0.39 is 17.9 Å². The third-order valence-electron chi connectivity index (χ3n) is 3.58. The van der Waals surface area contributed by atoms with Crippen LogP contribution in [0.15, 0.2) is 42.5 Å². The van der Waals surface area contributed by atoms with Crippen molar-refractivity contribution in [2.45, 2.75) is 13.8 Å². The lowest BCUT2D eigenvalue weighted by Crippen LogP contribution is -2.04. The van der Waals surface area contributed by atoms with Gasteiger partial charge in [-0.3, -0.25) is 4.79 Å². The fourth-order valence-electron chi connectivity index (χ4n) is 2.33. The number of hydrogen-bond donors (Lipinski definition) is 1. The summed E-state index contributed by atoms with van der Waals surface area (Å²) in [5, 5.41) is 9.01. The minimum atomic E-state index is -0.823. The quantitative estimate of drug-likeness (QED) is 0.513. The second-order valence-corrected chi connectivity index (χ2v) is 5.26. The summed E-state index contributed by atoms with van der Waals surface area (Å²) >= 11 is 0. The van der Waals surface area contributed by atoms with Gasteiger partial charge in [-0.25, -0.2) is 4.79 Å². The molecule has 0 unspecified atom stereocenters. The predicted molar refractivity (Wildman–Crippen MR) is 69.6 cm³/mol. The number of aliphatic carboxylic acids is 1. The fourth-order valence-corrected chi connectivity index (χ4v) is 2.33. The predicted octanol–water partition coefficient (Wildman–Crippen LogP) is 2.51. The molecule has 1 aliphatic carbocycles. The Hall–Kier alpha value is -2.10. The standard InChI is InChI=1S/C15H16O4/c1-15(2)11(13(15)14(17)18)8-9-12(16)19-10-6-4-3-5-7-10/h3-9,11,13H,1-2H3,(H,17,18)/t11-,13-/m0/s1. The van der Waals surface area contributed by atoms with Gasteiger partial charge in [0.2, 0.25) is 0 Å². The van der Waals surface area contributed by atoms with Gasteiger partial charge < -0.3 is 9.84 Å². The van der Waals surface area contributed by atoms with E-state index in [0.717, 1.165) is 0 Å². The first-order valence-electron chi connectivity index (χ1n) is 6.11. The van der Waals surface area contributed by atoms with Gasteiger partial charge in [0.25, 0.3) is 0 Å². The summed E-state index contributed by atoms with van der Waals surface area (Å²) < 4.78 is 5.08. The molecule has 1 aliphatic rings. The van der Waals surface area contributed by atoms with E-state index >= 15 is 0 Å². The van der Waals surface area contributed by atoms with Crippen LogP contribution < -0.4 is 4.74 Å². The van der Waals surface area contributed by atoms with Crippen molar-refractivity contribution < 1.29 is 19.4 Å². The SMILES string of the molecule is CC1(C)[C@H](C(=O)O)[C@@H]1C=CC(=O)Oc1ccccc1. The number of esters is 1. The molecule has 4 nitrogen and oxygen atoms in total. The topological polar surface area (TPSA) is 63.6 Å². The summed E-state index contributed by atoms with van der Waals surface area (Å²) in [6, 6.07) is 8.75. The van der Waals surface area contributed by atoms with Crippen molar-refractivity contribution in [2.75, 3.05) is 0 Å². The van der Waals surface area contributed by atoms with E-state index in [2.05, 4.69) is 0 Å². The first kappa shape index (κ1) is 13.3. The van der Waals surface area contributed by atoms with Crippen LogP contribution in [0.2, 0.25) is 0 Å². The molecule has 19 heavy (non-hydrogen) atoms. The summed E-state index contributed by atoms with van der Waals surface area (Å²) in [4.78, 5) is 22.5. The molecule has 0 spiro atoms. The van der Waals surface area contributed by atoms with Gasteiger partial charge in [-0.1, -0.05) is 38.1 Å². The van der Waals surface area contributed by atoms with Crippen molar-refractivity contribution in [3.8, 4) is 5.75 Å². The fraction of sp³-hybridized carbons (Fsp3) is 0.333. The third-order valence-corrected chi connectivity index (χ3v) is 3.58. The minimum absolute atomic E-state index is 0.117. The minimum Gasteiger partial charge on any atom is -0.481 e. The number of hydrogen-bond acceptors (Lipinski definition) is 3. The van der Waals surface area contributed by atoms with Crippen molar-refractivity contribution in [2.24, 2.45) is 17.3 Å². The number of carbonyl (C=O) groups excluding carboxylic acids is 1. The lowest BCUT2D eigenvalue weighted by atomic mass is 10.1. The van der Waals surface area contributed by atoms with E-state index in [1.807, 2.05) is 19.9 Å². The average molecular weight is 260 g/mol. The van der Waals surface area contributed by atoms with E-state index in [9.17, 15) is 9.59 Å². The third kappa shape index (κ3) is 2.84. The van der Waals surface area contributed by atoms with Crippen LogP contribution >= 0.6 is 0 Å². The summed E-state index contributed by atoms with van der Waals surface area (Å²) in [5.41, 5.74) is -0.296. The number of rotatable bonds is 4. The Bertz CT molecular complexity index is 516. The number of carboxylic acids is 1. The molecule has 0 saturated heterocycles. The highest BCUT2D eigenvalue weighted by molar-refractivity contribution is 5.84. The van der Waals surface area contributed by atoms with Gasteiger partial charge in [0.05, 0.1) is 5.92 Å². The van der Waals surface area contributed by atoms with Crippen molar-refractivity contribution in [3.63, 3.8) is 0 Å². The van der Waals surface area contributed by atoms with Gasteiger partial charge in [0, 0.05) is 6.08 Å². The van der Waals surface area contributed by atoms with Crippen LogP contribution in [0.1, 0.15) is 13.8 Å². The maximum atomic E-state index is 11.6. The highest BCUT2D eigenvalue weighted by Crippen LogP contribution is 2.58. The Balaban J connectivity index is 1.94. The molecule has 1 aromatic carbocycles. The van der Waals surface area contributed by atoms with Crippen molar-refractivity contribution >= 4 is 11.9 Å². The van der Waals surface area contributed by atoms with Gasteiger partial charge in [-0.15, -0.1) is 0 Å². The summed E-state index contributed by atoms with van der Waals surface area (Å²) in [7, 11) is 0. The van der Waals surface area contributed by atoms with Crippen molar-refractivity contribution in [1.82, 2.24) is 0 Å². The number of allylic oxidation sites excluding steroid dienone is 1. The van der Waals surface area contributed by atoms with Crippen LogP contribution in [-0.4, -0.2) is 17.0 Å². The van der Waals surface area contributed by atoms with Crippen LogP contribution in [0.25, 0.3) is 0 Å². The van der Waals surface area contributed by atoms with Gasteiger partial charge in [-0.2, -0.15) is 0 Å². The second kappa shape index (κ2) is 4.88. The number of benzene rings is 1. The molecule has 0 amide bonds. The molecule has 1 saturated carbocycles. The van der Waals surface area contributed by atoms with Crippen LogP contribution in [0.4, 0.5) is 0 Å². The number of carbonyl (C=O) groups is 2. The molecule has 0 aliphatic heterocycles. The van der Waals surface area contributed by atoms with E-state index in [4.69, 9.17) is 9.84 Å². The van der Waals surface area contributed by atoms with Gasteiger partial charge >= 0.3 is 11.9 Å². The Kier molecular flexibility index (Phi) is 3.42. The molecule has 1 N–H and O–H groups in total. The lowest BCUT2D eigenvalue weighted by Gasteiger charge is -2.00. The van der Waals surface area contributed by atoms with Gasteiger partial charge in [0.15, 0.2) is 0 Å². The molecule has 0 heterocycles. The van der Waals surface area contributed by atoms with Crippen LogP contribution in [0.5, 0.6) is 5.75 Å². The summed E-state index contributed by atoms with van der Waals surface area (Å²) in [5.74, 6) is -1.38. The highest BCUT2D eigenvalue weighted by atomic mass is 16.5. The van der Waals surface area contributed by atoms with Gasteiger partial charge in [0.1, 0.15) is 5.75 Å². The molecule has 0 bridgehead atoms. The van der Waals surface area contributed by atoms with Crippen LogP contribution in [0.3, 0.4) is 0 Å². The van der Waals surface area contributed by atoms with E-state index in [0.29, 0.717) is 5.75 Å². The number of ether oxygens (including phenoxy) is 1. The number of carboxylic acid groups (broad SMARTS) is 1. The second-order valence-electron chi connectivity index (χ2n) is 5.26. The van der Waals surface area contributed by atoms with E-state index in [-0.39, 0.29) is 11.3 Å². The first-order valence-corrected chi connectivity index (χ1v) is 6.11. The molecule has 100 valence electrons. The summed E-state index contributed by atoms with van der Waals surface area (Å²) in [6.07, 6.45) is 2.94. The van der Waals surface area contributed by atoms with Crippen LogP contribution in [-0.2, 0) is 9.59 Å². The maximum absolute atomic E-state index is 11.6. The zero-order valence-electron chi connectivity index (χ0n) is 10.9. The largest absolute Gasteiger partial charge is 0.481 e. The Morgan fingerprint density at radius 3 is 2.42 bits per heavy atom. The molecule has 4 heteroatoms. The molecular weight excluding hydrogens is 244 g/mol. The van der Waals surface area contributed by atoms with Gasteiger partial charge in [-0.05, 0) is 23.5 Å². The highest BCUT2D eigenvalue weighted by Gasteiger charge is 2.60. The Labute approximate surface area is 111 Å². The maximum Gasteiger partial charge on any atom is 0.335 e. The zero-order valence-corrected chi connectivity index (χ0v) is 10.9. The molecule has 0 aromatic heterocycles. The molecule has 0 radical (unpaired) electrons. The molecular formula is C15H16O4. The Morgan fingerprint density at radius 2 is 1.89 bits per heavy atom. The van der Waals surface area contributed by atoms with E-state index in [1.165, 1.54) is 6.08 Å². The molecule has 1 fully saturated rings. The van der Waals surface area contributed by atoms with Crippen LogP contribution in [0, 0.1) is 17.3 Å². The molecule has 2 atom stereocenters. The normalized spacial score (nSPS) is 24.1. The summed E-state index contributed by atoms with van der Waals surface area (Å²) in [6.45, 7) is 3.76. The first-order chi connectivity index (χ1) is 8.93. The average Bonchev–Trinajstić information content (AvgIpc) is 2.90. The zero-order chi connectivity index (χ0) is 14.0. The lowest BCUT2D eigenvalue weighted by molar-refractivity contribution is -0.139. The monoisotopic (exact) mass is 260 g/mol. The van der Waals surface area contributed by atoms with Crippen molar-refractivity contribution in [3.05, 3.63) is 42.5 Å². The van der Waals surface area contributed by atoms with E-state index in [1.54, 1.807) is 30.3 Å². The Morgan fingerprint density at radius 1 is 1.26 bits per heavy atom. The van der Waals surface area contributed by atoms with Crippen molar-refractivity contribution in [1.29, 1.82) is 0 Å². The molecule has 2 rings (SSSR count). The number of para-hydroxylation sites is 1. The molecule has 1 aromatic rings. The smallest absolute Gasteiger partial charge is 0.335 e.